The van der Waals surface area contributed by atoms with Crippen molar-refractivity contribution in [2.24, 2.45) is 0 Å². The molecular formula is C28H24O3. The first kappa shape index (κ1) is 21.9. The molecule has 0 aromatic heterocycles. The molecule has 0 aliphatic carbocycles. The van der Waals surface area contributed by atoms with Crippen LogP contribution in [0.5, 0.6) is 0 Å². The summed E-state index contributed by atoms with van der Waals surface area (Å²) in [5, 5.41) is 0. The topological polar surface area (TPSA) is 43.4 Å². The molecule has 0 atom stereocenters. The molecule has 3 heteroatoms. The summed E-state index contributed by atoms with van der Waals surface area (Å²) in [6.07, 6.45) is 0. The summed E-state index contributed by atoms with van der Waals surface area (Å²) in [6, 6.07) is 38.6. The van der Waals surface area contributed by atoms with E-state index >= 15 is 0 Å². The Morgan fingerprint density at radius 3 is 1.06 bits per heavy atom. The molecule has 0 aliphatic heterocycles. The van der Waals surface area contributed by atoms with Gasteiger partial charge in [-0.05, 0) is 11.1 Å². The molecule has 0 amide bonds. The maximum atomic E-state index is 11.7. The molecule has 4 aromatic rings. The first-order valence-electron chi connectivity index (χ1n) is 10.1. The van der Waals surface area contributed by atoms with Gasteiger partial charge in [-0.2, -0.15) is 0 Å². The smallest absolute Gasteiger partial charge is 0.188 e. The molecule has 3 nitrogen and oxygen atoms in total. The normalized spacial score (nSPS) is 9.94. The molecule has 0 N–H and O–H groups in total. The van der Waals surface area contributed by atoms with Gasteiger partial charge in [-0.25, -0.2) is 0 Å². The zero-order valence-electron chi connectivity index (χ0n) is 17.2. The van der Waals surface area contributed by atoms with Gasteiger partial charge >= 0.3 is 0 Å². The third-order valence-electron chi connectivity index (χ3n) is 4.54. The second-order valence-electron chi connectivity index (χ2n) is 6.80. The van der Waals surface area contributed by atoms with E-state index in [-0.39, 0.29) is 24.8 Å². The van der Waals surface area contributed by atoms with Gasteiger partial charge in [-0.15, -0.1) is 0 Å². The van der Waals surface area contributed by atoms with Crippen LogP contribution in [0.4, 0.5) is 0 Å². The van der Waals surface area contributed by atoms with Gasteiger partial charge in [0, 0.05) is 11.1 Å². The number of ketones is 2. The van der Waals surface area contributed by atoms with Crippen LogP contribution in [0.15, 0.2) is 121 Å². The minimum absolute atomic E-state index is 0.0808. The Bertz CT molecular complexity index is 971. The van der Waals surface area contributed by atoms with Crippen LogP contribution in [0.1, 0.15) is 20.7 Å². The third kappa shape index (κ3) is 7.18. The standard InChI is InChI=1S/C16H14O3.C12H10/c17-15(13-7-3-1-4-8-13)11-19-12-16(18)14-9-5-2-6-10-14;1-3-7-11(8-4-1)12-9-5-2-6-10-12/h1-10H,11-12H2;1-10H. The van der Waals surface area contributed by atoms with E-state index in [9.17, 15) is 9.59 Å². The Morgan fingerprint density at radius 2 is 0.742 bits per heavy atom. The van der Waals surface area contributed by atoms with E-state index in [4.69, 9.17) is 4.74 Å². The number of ether oxygens (including phenoxy) is 1. The SMILES string of the molecule is O=C(COCC(=O)c1ccccc1)c1ccccc1.c1ccc(-c2ccccc2)cc1. The van der Waals surface area contributed by atoms with Gasteiger partial charge in [0.1, 0.15) is 13.2 Å². The Kier molecular flexibility index (Phi) is 8.47. The van der Waals surface area contributed by atoms with Crippen molar-refractivity contribution in [3.05, 3.63) is 132 Å². The number of benzene rings is 4. The molecular weight excluding hydrogens is 384 g/mol. The molecule has 0 spiro atoms. The highest BCUT2D eigenvalue weighted by atomic mass is 16.5. The largest absolute Gasteiger partial charge is 0.365 e. The second kappa shape index (κ2) is 12.0. The van der Waals surface area contributed by atoms with Crippen molar-refractivity contribution in [1.82, 2.24) is 0 Å². The summed E-state index contributed by atoms with van der Waals surface area (Å²) in [5.41, 5.74) is 3.74. The zero-order valence-corrected chi connectivity index (χ0v) is 17.2. The highest BCUT2D eigenvalue weighted by Gasteiger charge is 2.08. The Morgan fingerprint density at radius 1 is 0.452 bits per heavy atom. The first-order valence-corrected chi connectivity index (χ1v) is 10.1. The summed E-state index contributed by atoms with van der Waals surface area (Å²) >= 11 is 0. The van der Waals surface area contributed by atoms with Crippen molar-refractivity contribution < 1.29 is 14.3 Å². The number of hydrogen-bond acceptors (Lipinski definition) is 3. The van der Waals surface area contributed by atoms with Gasteiger partial charge in [0.15, 0.2) is 11.6 Å². The molecule has 154 valence electrons. The lowest BCUT2D eigenvalue weighted by molar-refractivity contribution is 0.0672. The molecule has 0 saturated heterocycles. The van der Waals surface area contributed by atoms with Crippen LogP contribution in [0, 0.1) is 0 Å². The lowest BCUT2D eigenvalue weighted by atomic mass is 10.1. The van der Waals surface area contributed by atoms with E-state index < -0.39 is 0 Å². The monoisotopic (exact) mass is 408 g/mol. The van der Waals surface area contributed by atoms with Crippen LogP contribution in [0.25, 0.3) is 11.1 Å². The Balaban J connectivity index is 0.000000194. The van der Waals surface area contributed by atoms with Crippen molar-refractivity contribution >= 4 is 11.6 Å². The molecule has 0 heterocycles. The van der Waals surface area contributed by atoms with E-state index in [1.807, 2.05) is 24.3 Å². The van der Waals surface area contributed by atoms with Crippen LogP contribution in [-0.4, -0.2) is 24.8 Å². The van der Waals surface area contributed by atoms with Gasteiger partial charge in [-0.1, -0.05) is 121 Å². The summed E-state index contributed by atoms with van der Waals surface area (Å²) < 4.78 is 5.17. The summed E-state index contributed by atoms with van der Waals surface area (Å²) in [4.78, 5) is 23.5. The zero-order chi connectivity index (χ0) is 21.7. The molecule has 0 saturated carbocycles. The number of hydrogen-bond donors (Lipinski definition) is 0. The fourth-order valence-corrected chi connectivity index (χ4v) is 2.91. The predicted molar refractivity (Wildman–Crippen MR) is 124 cm³/mol. The molecule has 0 bridgehead atoms. The highest BCUT2D eigenvalue weighted by molar-refractivity contribution is 5.98. The molecule has 0 unspecified atom stereocenters. The van der Waals surface area contributed by atoms with Crippen molar-refractivity contribution in [2.75, 3.05) is 13.2 Å². The van der Waals surface area contributed by atoms with Gasteiger partial charge in [0.2, 0.25) is 0 Å². The van der Waals surface area contributed by atoms with Crippen LogP contribution >= 0.6 is 0 Å². The average molecular weight is 408 g/mol. The molecule has 0 aliphatic rings. The fourth-order valence-electron chi connectivity index (χ4n) is 2.91. The van der Waals surface area contributed by atoms with Crippen molar-refractivity contribution in [1.29, 1.82) is 0 Å². The molecule has 4 rings (SSSR count). The van der Waals surface area contributed by atoms with E-state index in [0.29, 0.717) is 11.1 Å². The molecule has 4 aromatic carbocycles. The average Bonchev–Trinajstić information content (AvgIpc) is 2.86. The molecule has 31 heavy (non-hydrogen) atoms. The molecule has 0 fully saturated rings. The van der Waals surface area contributed by atoms with Crippen molar-refractivity contribution in [3.8, 4) is 11.1 Å². The van der Waals surface area contributed by atoms with Gasteiger partial charge in [-0.3, -0.25) is 9.59 Å². The van der Waals surface area contributed by atoms with Gasteiger partial charge < -0.3 is 4.74 Å². The number of carbonyl (C=O) groups is 2. The minimum Gasteiger partial charge on any atom is -0.365 e. The van der Waals surface area contributed by atoms with Crippen molar-refractivity contribution in [3.63, 3.8) is 0 Å². The van der Waals surface area contributed by atoms with E-state index in [1.54, 1.807) is 48.5 Å². The van der Waals surface area contributed by atoms with Crippen LogP contribution in [0.2, 0.25) is 0 Å². The summed E-state index contributed by atoms with van der Waals surface area (Å²) in [6.45, 7) is -0.162. The quantitative estimate of drug-likeness (QED) is 0.346. The van der Waals surface area contributed by atoms with Gasteiger partial charge in [0.25, 0.3) is 0 Å². The summed E-state index contributed by atoms with van der Waals surface area (Å²) in [7, 11) is 0. The summed E-state index contributed by atoms with van der Waals surface area (Å²) in [5.74, 6) is -0.247. The van der Waals surface area contributed by atoms with E-state index in [0.717, 1.165) is 0 Å². The number of Topliss-reactive ketones (excluding diaryl/α,β-unsaturated/α-hetero) is 2. The van der Waals surface area contributed by atoms with Crippen LogP contribution < -0.4 is 0 Å². The minimum atomic E-state index is -0.124. The lowest BCUT2D eigenvalue weighted by Gasteiger charge is -2.03. The van der Waals surface area contributed by atoms with Crippen molar-refractivity contribution in [2.45, 2.75) is 0 Å². The molecule has 0 radical (unpaired) electrons. The Hall–Kier alpha value is -3.82. The van der Waals surface area contributed by atoms with Gasteiger partial charge in [0.05, 0.1) is 0 Å². The lowest BCUT2D eigenvalue weighted by Crippen LogP contribution is -2.15. The third-order valence-corrected chi connectivity index (χ3v) is 4.54. The Labute approximate surface area is 183 Å². The predicted octanol–water partition coefficient (Wildman–Crippen LogP) is 6.12. The first-order chi connectivity index (χ1) is 15.2. The number of carbonyl (C=O) groups excluding carboxylic acids is 2. The maximum Gasteiger partial charge on any atom is 0.188 e. The van der Waals surface area contributed by atoms with E-state index in [1.165, 1.54) is 11.1 Å². The van der Waals surface area contributed by atoms with Crippen LogP contribution in [-0.2, 0) is 4.74 Å². The fraction of sp³-hybridized carbons (Fsp3) is 0.0714. The highest BCUT2D eigenvalue weighted by Crippen LogP contribution is 2.17. The van der Waals surface area contributed by atoms with Crippen LogP contribution in [0.3, 0.4) is 0 Å². The maximum absolute atomic E-state index is 11.7. The number of rotatable bonds is 7. The second-order valence-corrected chi connectivity index (χ2v) is 6.80. The van der Waals surface area contributed by atoms with E-state index in [2.05, 4.69) is 48.5 Å².